The van der Waals surface area contributed by atoms with Gasteiger partial charge in [-0.25, -0.2) is 4.39 Å². The number of carbonyl (C=O) groups is 1. The van der Waals surface area contributed by atoms with Crippen LogP contribution in [0.3, 0.4) is 0 Å². The summed E-state index contributed by atoms with van der Waals surface area (Å²) in [6.07, 6.45) is 0. The highest BCUT2D eigenvalue weighted by atomic mass is 79.9. The van der Waals surface area contributed by atoms with Crippen LogP contribution >= 0.6 is 27.5 Å². The minimum absolute atomic E-state index is 0.0185. The first kappa shape index (κ1) is 17.5. The summed E-state index contributed by atoms with van der Waals surface area (Å²) >= 11 is 9.11. The Labute approximate surface area is 157 Å². The van der Waals surface area contributed by atoms with Crippen LogP contribution in [-0.4, -0.2) is 11.0 Å². The lowest BCUT2D eigenvalue weighted by atomic mass is 10.0. The lowest BCUT2D eigenvalue weighted by Crippen LogP contribution is -2.12. The molecule has 3 aromatic rings. The van der Waals surface area contributed by atoms with Crippen molar-refractivity contribution in [1.82, 2.24) is 0 Å². The van der Waals surface area contributed by atoms with Crippen molar-refractivity contribution >= 4 is 39.1 Å². The predicted molar refractivity (Wildman–Crippen MR) is 101 cm³/mol. The van der Waals surface area contributed by atoms with Gasteiger partial charge in [-0.2, -0.15) is 0 Å². The second kappa shape index (κ2) is 7.25. The van der Waals surface area contributed by atoms with Gasteiger partial charge in [0.1, 0.15) is 11.6 Å². The molecule has 25 heavy (non-hydrogen) atoms. The number of phenolic OH excluding ortho intramolecular Hbond substituents is 1. The summed E-state index contributed by atoms with van der Waals surface area (Å²) < 4.78 is 14.7. The van der Waals surface area contributed by atoms with E-state index in [4.69, 9.17) is 11.6 Å². The van der Waals surface area contributed by atoms with E-state index in [2.05, 4.69) is 21.2 Å². The van der Waals surface area contributed by atoms with E-state index in [0.717, 1.165) is 0 Å². The van der Waals surface area contributed by atoms with Crippen molar-refractivity contribution in [3.05, 3.63) is 81.5 Å². The Morgan fingerprint density at radius 3 is 2.52 bits per heavy atom. The van der Waals surface area contributed by atoms with Crippen LogP contribution < -0.4 is 5.32 Å². The van der Waals surface area contributed by atoms with Crippen LogP contribution in [0.15, 0.2) is 65.1 Å². The van der Waals surface area contributed by atoms with Gasteiger partial charge in [0, 0.05) is 15.7 Å². The maximum atomic E-state index is 14.1. The number of carbonyl (C=O) groups excluding carboxylic acids is 1. The first-order valence-corrected chi connectivity index (χ1v) is 8.47. The summed E-state index contributed by atoms with van der Waals surface area (Å²) in [5, 5.41) is 12.7. The summed E-state index contributed by atoms with van der Waals surface area (Å²) in [6, 6.07) is 16.2. The largest absolute Gasteiger partial charge is 0.506 e. The minimum Gasteiger partial charge on any atom is -0.506 e. The third-order valence-electron chi connectivity index (χ3n) is 3.58. The maximum absolute atomic E-state index is 14.1. The van der Waals surface area contributed by atoms with E-state index in [9.17, 15) is 14.3 Å². The van der Waals surface area contributed by atoms with Gasteiger partial charge in [0.25, 0.3) is 5.91 Å². The van der Waals surface area contributed by atoms with Gasteiger partial charge in [-0.1, -0.05) is 57.9 Å². The highest BCUT2D eigenvalue weighted by Crippen LogP contribution is 2.32. The molecule has 3 aromatic carbocycles. The molecule has 0 aromatic heterocycles. The van der Waals surface area contributed by atoms with Gasteiger partial charge >= 0.3 is 0 Å². The fourth-order valence-electron chi connectivity index (χ4n) is 2.38. The quantitative estimate of drug-likeness (QED) is 0.557. The van der Waals surface area contributed by atoms with Crippen molar-refractivity contribution in [3.8, 4) is 16.9 Å². The molecule has 0 saturated carbocycles. The van der Waals surface area contributed by atoms with Gasteiger partial charge in [0.15, 0.2) is 0 Å². The molecule has 0 aliphatic rings. The van der Waals surface area contributed by atoms with Crippen molar-refractivity contribution in [2.45, 2.75) is 0 Å². The first-order chi connectivity index (χ1) is 12.0. The Hall–Kier alpha value is -2.37. The standard InChI is InChI=1S/C19H12BrClFNO2/c20-12-8-15(18(24)16(21)9-12)19(25)23-13-6-7-17(22)14(10-13)11-4-2-1-3-5-11/h1-10,24H,(H,23,25). The molecule has 0 radical (unpaired) electrons. The molecule has 6 heteroatoms. The average molecular weight is 421 g/mol. The first-order valence-electron chi connectivity index (χ1n) is 7.30. The van der Waals surface area contributed by atoms with Crippen molar-refractivity contribution in [2.75, 3.05) is 5.32 Å². The number of hydrogen-bond acceptors (Lipinski definition) is 2. The lowest BCUT2D eigenvalue weighted by Gasteiger charge is -2.11. The Balaban J connectivity index is 1.93. The molecule has 0 aliphatic heterocycles. The topological polar surface area (TPSA) is 49.3 Å². The summed E-state index contributed by atoms with van der Waals surface area (Å²) in [5.74, 6) is -1.25. The highest BCUT2D eigenvalue weighted by Gasteiger charge is 2.16. The van der Waals surface area contributed by atoms with Gasteiger partial charge in [0.2, 0.25) is 0 Å². The van der Waals surface area contributed by atoms with Crippen molar-refractivity contribution in [2.24, 2.45) is 0 Å². The van der Waals surface area contributed by atoms with Crippen LogP contribution in [0.2, 0.25) is 5.02 Å². The number of hydrogen-bond donors (Lipinski definition) is 2. The third kappa shape index (κ3) is 3.83. The molecule has 2 N–H and O–H groups in total. The second-order valence-electron chi connectivity index (χ2n) is 5.30. The average Bonchev–Trinajstić information content (AvgIpc) is 2.60. The molecule has 126 valence electrons. The molecule has 0 fully saturated rings. The zero-order chi connectivity index (χ0) is 18.0. The Bertz CT molecular complexity index is 948. The van der Waals surface area contributed by atoms with Crippen LogP contribution in [0.1, 0.15) is 10.4 Å². The van der Waals surface area contributed by atoms with Crippen molar-refractivity contribution < 1.29 is 14.3 Å². The summed E-state index contributed by atoms with van der Waals surface area (Å²) in [7, 11) is 0. The van der Waals surface area contributed by atoms with E-state index in [-0.39, 0.29) is 16.3 Å². The molecule has 3 nitrogen and oxygen atoms in total. The SMILES string of the molecule is O=C(Nc1ccc(F)c(-c2ccccc2)c1)c1cc(Br)cc(Cl)c1O. The van der Waals surface area contributed by atoms with Crippen LogP contribution in [0, 0.1) is 5.82 Å². The number of nitrogens with one attached hydrogen (secondary N) is 1. The van der Waals surface area contributed by atoms with Gasteiger partial charge in [0.05, 0.1) is 10.6 Å². The van der Waals surface area contributed by atoms with Gasteiger partial charge in [-0.3, -0.25) is 4.79 Å². The van der Waals surface area contributed by atoms with Crippen LogP contribution in [0.5, 0.6) is 5.75 Å². The molecule has 0 spiro atoms. The van der Waals surface area contributed by atoms with E-state index in [1.807, 2.05) is 18.2 Å². The summed E-state index contributed by atoms with van der Waals surface area (Å²) in [5.41, 5.74) is 1.49. The number of aromatic hydroxyl groups is 1. The number of halogens is 3. The molecule has 0 atom stereocenters. The van der Waals surface area contributed by atoms with E-state index in [1.165, 1.54) is 24.3 Å². The minimum atomic E-state index is -0.550. The van der Waals surface area contributed by atoms with Gasteiger partial charge < -0.3 is 10.4 Å². The molecular weight excluding hydrogens is 409 g/mol. The van der Waals surface area contributed by atoms with Crippen LogP contribution in [0.25, 0.3) is 11.1 Å². The number of benzene rings is 3. The molecule has 0 aliphatic carbocycles. The van der Waals surface area contributed by atoms with Gasteiger partial charge in [-0.15, -0.1) is 0 Å². The zero-order valence-electron chi connectivity index (χ0n) is 12.8. The third-order valence-corrected chi connectivity index (χ3v) is 4.33. The molecule has 0 unspecified atom stereocenters. The smallest absolute Gasteiger partial charge is 0.259 e. The fraction of sp³-hybridized carbons (Fsp3) is 0. The van der Waals surface area contributed by atoms with E-state index in [1.54, 1.807) is 18.2 Å². The predicted octanol–water partition coefficient (Wildman–Crippen LogP) is 5.87. The molecule has 0 heterocycles. The Morgan fingerprint density at radius 1 is 1.08 bits per heavy atom. The monoisotopic (exact) mass is 419 g/mol. The number of rotatable bonds is 3. The van der Waals surface area contributed by atoms with E-state index < -0.39 is 11.7 Å². The van der Waals surface area contributed by atoms with Crippen LogP contribution in [-0.2, 0) is 0 Å². The fourth-order valence-corrected chi connectivity index (χ4v) is 3.19. The number of amides is 1. The Kier molecular flexibility index (Phi) is 5.06. The molecule has 0 bridgehead atoms. The van der Waals surface area contributed by atoms with Crippen LogP contribution in [0.4, 0.5) is 10.1 Å². The molecular formula is C19H12BrClFNO2. The highest BCUT2D eigenvalue weighted by molar-refractivity contribution is 9.10. The van der Waals surface area contributed by atoms with Crippen molar-refractivity contribution in [1.29, 1.82) is 0 Å². The summed E-state index contributed by atoms with van der Waals surface area (Å²) in [4.78, 5) is 12.4. The number of anilines is 1. The van der Waals surface area contributed by atoms with E-state index >= 15 is 0 Å². The summed E-state index contributed by atoms with van der Waals surface area (Å²) in [6.45, 7) is 0. The van der Waals surface area contributed by atoms with Gasteiger partial charge in [-0.05, 0) is 35.9 Å². The molecule has 1 amide bonds. The maximum Gasteiger partial charge on any atom is 0.259 e. The lowest BCUT2D eigenvalue weighted by molar-refractivity contribution is 0.102. The Morgan fingerprint density at radius 2 is 1.80 bits per heavy atom. The molecule has 3 rings (SSSR count). The zero-order valence-corrected chi connectivity index (χ0v) is 15.1. The number of phenols is 1. The van der Waals surface area contributed by atoms with Crippen molar-refractivity contribution in [3.63, 3.8) is 0 Å². The molecule has 0 saturated heterocycles. The second-order valence-corrected chi connectivity index (χ2v) is 6.62. The van der Waals surface area contributed by atoms with E-state index in [0.29, 0.717) is 21.3 Å². The normalized spacial score (nSPS) is 10.5.